The Morgan fingerprint density at radius 3 is 2.00 bits per heavy atom. The summed E-state index contributed by atoms with van der Waals surface area (Å²) in [5, 5.41) is 0. The number of allylic oxidation sites excluding steroid dienone is 3. The minimum absolute atomic E-state index is 0.432. The lowest BCUT2D eigenvalue weighted by atomic mass is 10.7. The molecule has 0 radical (unpaired) electrons. The Bertz CT molecular complexity index is 167. The zero-order chi connectivity index (χ0) is 9.45. The molecule has 0 saturated carbocycles. The van der Waals surface area contributed by atoms with Gasteiger partial charge in [0, 0.05) is 0 Å². The first-order chi connectivity index (χ1) is 5.68. The van der Waals surface area contributed by atoms with E-state index in [1.807, 2.05) is 0 Å². The van der Waals surface area contributed by atoms with Crippen LogP contribution >= 0.6 is 0 Å². The Balaban J connectivity index is 4.15. The molecule has 0 aliphatic rings. The van der Waals surface area contributed by atoms with Crippen LogP contribution in [-0.4, -0.2) is 13.1 Å². The molecule has 0 aliphatic carbocycles. The molecule has 0 atom stereocenters. The molecule has 0 heterocycles. The molecule has 0 aliphatic heterocycles. The van der Waals surface area contributed by atoms with Gasteiger partial charge in [-0.2, -0.15) is 0 Å². The summed E-state index contributed by atoms with van der Waals surface area (Å²) in [7, 11) is -2.33. The Hall–Kier alpha value is -0.673. The molecule has 0 amide bonds. The quantitative estimate of drug-likeness (QED) is 0.499. The lowest BCUT2D eigenvalue weighted by Gasteiger charge is -2.19. The van der Waals surface area contributed by atoms with Gasteiger partial charge in [-0.15, -0.1) is 13.2 Å². The van der Waals surface area contributed by atoms with Crippen molar-refractivity contribution in [3.05, 3.63) is 37.7 Å². The van der Waals surface area contributed by atoms with Gasteiger partial charge in [-0.1, -0.05) is 18.2 Å². The van der Waals surface area contributed by atoms with Crippen LogP contribution in [0.2, 0.25) is 18.1 Å². The van der Waals surface area contributed by atoms with Crippen LogP contribution in [0.1, 0.15) is 0 Å². The molecular weight excluding hydrogens is 171 g/mol. The van der Waals surface area contributed by atoms with E-state index in [0.717, 1.165) is 0 Å². The SMILES string of the molecule is C=CC[Si](O)(CC=C)CC=CF. The van der Waals surface area contributed by atoms with Crippen LogP contribution in [0, 0.1) is 0 Å². The molecule has 0 fully saturated rings. The Morgan fingerprint density at radius 1 is 1.17 bits per heavy atom. The van der Waals surface area contributed by atoms with Crippen molar-refractivity contribution >= 4 is 8.32 Å². The first-order valence-corrected chi connectivity index (χ1v) is 6.45. The fourth-order valence-electron chi connectivity index (χ4n) is 1.05. The highest BCUT2D eigenvalue weighted by Gasteiger charge is 2.25. The maximum atomic E-state index is 11.7. The van der Waals surface area contributed by atoms with Crippen molar-refractivity contribution in [3.8, 4) is 0 Å². The third-order valence-corrected chi connectivity index (χ3v) is 4.73. The maximum Gasteiger partial charge on any atom is 0.199 e. The minimum Gasteiger partial charge on any atom is -0.431 e. The Kier molecular flexibility index (Phi) is 5.58. The van der Waals surface area contributed by atoms with Crippen LogP contribution in [0.3, 0.4) is 0 Å². The highest BCUT2D eigenvalue weighted by atomic mass is 28.4. The van der Waals surface area contributed by atoms with E-state index >= 15 is 0 Å². The molecule has 68 valence electrons. The molecule has 0 aromatic heterocycles. The van der Waals surface area contributed by atoms with Gasteiger partial charge in [0.05, 0.1) is 6.33 Å². The second kappa shape index (κ2) is 5.91. The van der Waals surface area contributed by atoms with Crippen molar-refractivity contribution in [2.24, 2.45) is 0 Å². The summed E-state index contributed by atoms with van der Waals surface area (Å²) >= 11 is 0. The van der Waals surface area contributed by atoms with Crippen LogP contribution < -0.4 is 0 Å². The van der Waals surface area contributed by atoms with Crippen LogP contribution in [0.4, 0.5) is 4.39 Å². The van der Waals surface area contributed by atoms with Crippen molar-refractivity contribution in [1.29, 1.82) is 0 Å². The summed E-state index contributed by atoms with van der Waals surface area (Å²) in [5.74, 6) is 0. The molecule has 0 aromatic carbocycles. The average molecular weight is 186 g/mol. The monoisotopic (exact) mass is 186 g/mol. The highest BCUT2D eigenvalue weighted by Crippen LogP contribution is 2.19. The molecule has 12 heavy (non-hydrogen) atoms. The second-order valence-corrected chi connectivity index (χ2v) is 6.45. The molecule has 0 bridgehead atoms. The third-order valence-electron chi connectivity index (χ3n) is 1.64. The smallest absolute Gasteiger partial charge is 0.199 e. The summed E-state index contributed by atoms with van der Waals surface area (Å²) in [4.78, 5) is 9.92. The predicted molar refractivity (Wildman–Crippen MR) is 53.0 cm³/mol. The Morgan fingerprint density at radius 2 is 1.67 bits per heavy atom. The summed E-state index contributed by atoms with van der Waals surface area (Å²) < 4.78 is 11.7. The first-order valence-electron chi connectivity index (χ1n) is 3.88. The summed E-state index contributed by atoms with van der Waals surface area (Å²) in [6.07, 6.45) is 5.20. The van der Waals surface area contributed by atoms with Gasteiger partial charge in [0.2, 0.25) is 0 Å². The van der Waals surface area contributed by atoms with E-state index in [0.29, 0.717) is 24.5 Å². The van der Waals surface area contributed by atoms with Crippen LogP contribution in [0.5, 0.6) is 0 Å². The van der Waals surface area contributed by atoms with Gasteiger partial charge in [0.15, 0.2) is 8.32 Å². The van der Waals surface area contributed by atoms with E-state index in [1.54, 1.807) is 12.2 Å². The molecule has 0 spiro atoms. The molecule has 1 nitrogen and oxygen atoms in total. The minimum atomic E-state index is -2.33. The molecule has 0 unspecified atom stereocenters. The third kappa shape index (κ3) is 4.26. The van der Waals surface area contributed by atoms with Gasteiger partial charge in [0.25, 0.3) is 0 Å². The average Bonchev–Trinajstić information content (AvgIpc) is 2.02. The zero-order valence-electron chi connectivity index (χ0n) is 7.17. The van der Waals surface area contributed by atoms with Crippen LogP contribution in [0.25, 0.3) is 0 Å². The van der Waals surface area contributed by atoms with E-state index in [2.05, 4.69) is 13.2 Å². The van der Waals surface area contributed by atoms with Gasteiger partial charge in [-0.05, 0) is 18.1 Å². The van der Waals surface area contributed by atoms with E-state index in [9.17, 15) is 9.19 Å². The van der Waals surface area contributed by atoms with Gasteiger partial charge in [-0.25, -0.2) is 4.39 Å². The lowest BCUT2D eigenvalue weighted by Crippen LogP contribution is -2.31. The van der Waals surface area contributed by atoms with E-state index in [-0.39, 0.29) is 0 Å². The van der Waals surface area contributed by atoms with Crippen molar-refractivity contribution in [2.45, 2.75) is 18.1 Å². The first kappa shape index (κ1) is 11.3. The fourth-order valence-corrected chi connectivity index (χ4v) is 3.15. The number of hydrogen-bond donors (Lipinski definition) is 1. The van der Waals surface area contributed by atoms with Crippen molar-refractivity contribution in [2.75, 3.05) is 0 Å². The molecule has 1 N–H and O–H groups in total. The summed E-state index contributed by atoms with van der Waals surface area (Å²) in [6, 6.07) is 1.61. The van der Waals surface area contributed by atoms with Gasteiger partial charge in [0.1, 0.15) is 0 Å². The number of hydrogen-bond acceptors (Lipinski definition) is 1. The second-order valence-electron chi connectivity index (χ2n) is 2.78. The maximum absolute atomic E-state index is 11.7. The van der Waals surface area contributed by atoms with E-state index < -0.39 is 8.32 Å². The Labute approximate surface area is 74.1 Å². The van der Waals surface area contributed by atoms with E-state index in [4.69, 9.17) is 0 Å². The predicted octanol–water partition coefficient (Wildman–Crippen LogP) is 2.78. The molecule has 0 rings (SSSR count). The summed E-state index contributed by atoms with van der Waals surface area (Å²) in [5.41, 5.74) is 0. The fraction of sp³-hybridized carbons (Fsp3) is 0.333. The van der Waals surface area contributed by atoms with Gasteiger partial charge >= 0.3 is 0 Å². The standard InChI is InChI=1S/C9H15FOSi/c1-3-7-12(11,8-4-2)9-5-6-10/h3-6,11H,1-2,7-9H2. The molecular formula is C9H15FOSi. The number of halogens is 1. The van der Waals surface area contributed by atoms with Gasteiger partial charge < -0.3 is 4.80 Å². The largest absolute Gasteiger partial charge is 0.431 e. The lowest BCUT2D eigenvalue weighted by molar-refractivity contribution is 0.541. The normalized spacial score (nSPS) is 11.8. The van der Waals surface area contributed by atoms with Crippen molar-refractivity contribution in [3.63, 3.8) is 0 Å². The number of rotatable bonds is 6. The molecule has 0 saturated heterocycles. The molecule has 3 heteroatoms. The zero-order valence-corrected chi connectivity index (χ0v) is 8.17. The van der Waals surface area contributed by atoms with Crippen molar-refractivity contribution < 1.29 is 9.19 Å². The van der Waals surface area contributed by atoms with Crippen molar-refractivity contribution in [1.82, 2.24) is 0 Å². The van der Waals surface area contributed by atoms with E-state index in [1.165, 1.54) is 6.08 Å². The highest BCUT2D eigenvalue weighted by molar-refractivity contribution is 6.73. The molecule has 0 aromatic rings. The van der Waals surface area contributed by atoms with Crippen LogP contribution in [-0.2, 0) is 0 Å². The van der Waals surface area contributed by atoms with Crippen LogP contribution in [0.15, 0.2) is 37.7 Å². The van der Waals surface area contributed by atoms with Gasteiger partial charge in [-0.3, -0.25) is 0 Å². The summed E-state index contributed by atoms with van der Waals surface area (Å²) in [6.45, 7) is 7.12. The topological polar surface area (TPSA) is 20.2 Å².